The molecule has 2 aromatic rings. The van der Waals surface area contributed by atoms with Crippen LogP contribution in [0.15, 0.2) is 42.5 Å². The largest absolute Gasteiger partial charge is 0.331 e. The number of nitrogens with zero attached hydrogens (tertiary/aromatic N) is 1. The number of thiocarbonyl (C=S) groups is 1. The topological polar surface area (TPSA) is 27.3 Å². The van der Waals surface area contributed by atoms with Crippen LogP contribution in [0.4, 0.5) is 11.4 Å². The van der Waals surface area contributed by atoms with Gasteiger partial charge in [0.25, 0.3) is 0 Å². The number of hydrogen-bond donors (Lipinski definition) is 2. The van der Waals surface area contributed by atoms with Crippen molar-refractivity contribution in [3.8, 4) is 0 Å². The molecule has 22 heavy (non-hydrogen) atoms. The van der Waals surface area contributed by atoms with Gasteiger partial charge in [-0.05, 0) is 67.9 Å². The molecule has 0 fully saturated rings. The van der Waals surface area contributed by atoms with E-state index in [1.165, 1.54) is 16.8 Å². The zero-order valence-electron chi connectivity index (χ0n) is 12.4. The maximum absolute atomic E-state index is 5.89. The molecular formula is C17H18ClN3S. The van der Waals surface area contributed by atoms with E-state index in [1.807, 2.05) is 24.3 Å². The van der Waals surface area contributed by atoms with Gasteiger partial charge in [-0.1, -0.05) is 29.3 Å². The van der Waals surface area contributed by atoms with Crippen molar-refractivity contribution in [3.63, 3.8) is 0 Å². The third-order valence-corrected chi connectivity index (χ3v) is 4.14. The van der Waals surface area contributed by atoms with Crippen LogP contribution in [0, 0.1) is 6.92 Å². The van der Waals surface area contributed by atoms with Gasteiger partial charge in [0.1, 0.15) is 0 Å². The fraction of sp³-hybridized carbons (Fsp3) is 0.235. The molecule has 0 saturated carbocycles. The van der Waals surface area contributed by atoms with Crippen molar-refractivity contribution in [1.29, 1.82) is 0 Å². The first-order chi connectivity index (χ1) is 10.6. The number of hydrogen-bond acceptors (Lipinski definition) is 2. The number of hydrazine groups is 1. The van der Waals surface area contributed by atoms with Gasteiger partial charge in [0.15, 0.2) is 5.11 Å². The Morgan fingerprint density at radius 3 is 2.73 bits per heavy atom. The summed E-state index contributed by atoms with van der Waals surface area (Å²) >= 11 is 11.3. The van der Waals surface area contributed by atoms with Gasteiger partial charge >= 0.3 is 0 Å². The zero-order chi connectivity index (χ0) is 15.5. The minimum Gasteiger partial charge on any atom is -0.331 e. The van der Waals surface area contributed by atoms with E-state index in [4.69, 9.17) is 23.8 Å². The Labute approximate surface area is 141 Å². The van der Waals surface area contributed by atoms with Gasteiger partial charge in [-0.3, -0.25) is 10.4 Å². The van der Waals surface area contributed by atoms with Crippen molar-refractivity contribution in [2.45, 2.75) is 19.8 Å². The predicted molar refractivity (Wildman–Crippen MR) is 97.7 cm³/mol. The van der Waals surface area contributed by atoms with Crippen LogP contribution in [0.1, 0.15) is 17.5 Å². The molecule has 1 aliphatic rings. The molecule has 0 unspecified atom stereocenters. The van der Waals surface area contributed by atoms with Gasteiger partial charge in [0.05, 0.1) is 5.69 Å². The van der Waals surface area contributed by atoms with Crippen molar-refractivity contribution >= 4 is 40.3 Å². The number of benzene rings is 2. The molecule has 0 aromatic heterocycles. The van der Waals surface area contributed by atoms with Gasteiger partial charge < -0.3 is 5.32 Å². The molecule has 0 bridgehead atoms. The summed E-state index contributed by atoms with van der Waals surface area (Å²) in [7, 11) is 0. The molecule has 3 rings (SSSR count). The highest BCUT2D eigenvalue weighted by molar-refractivity contribution is 7.80. The first-order valence-corrected chi connectivity index (χ1v) is 8.11. The number of nitrogens with one attached hydrogen (secondary N) is 2. The lowest BCUT2D eigenvalue weighted by molar-refractivity contribution is 0.672. The van der Waals surface area contributed by atoms with Crippen molar-refractivity contribution in [3.05, 3.63) is 58.6 Å². The molecule has 0 saturated heterocycles. The molecule has 1 aliphatic heterocycles. The summed E-state index contributed by atoms with van der Waals surface area (Å²) in [5, 5.41) is 6.59. The van der Waals surface area contributed by atoms with E-state index in [2.05, 4.69) is 40.9 Å². The Balaban J connectivity index is 1.69. The monoisotopic (exact) mass is 331 g/mol. The second-order valence-electron chi connectivity index (χ2n) is 5.46. The molecule has 0 atom stereocenters. The summed E-state index contributed by atoms with van der Waals surface area (Å²) in [6.07, 6.45) is 2.24. The molecule has 5 heteroatoms. The lowest BCUT2D eigenvalue weighted by atomic mass is 10.0. The van der Waals surface area contributed by atoms with E-state index >= 15 is 0 Å². The van der Waals surface area contributed by atoms with Crippen LogP contribution in [-0.2, 0) is 6.42 Å². The minimum atomic E-state index is 0.579. The highest BCUT2D eigenvalue weighted by atomic mass is 35.5. The van der Waals surface area contributed by atoms with E-state index in [0.717, 1.165) is 25.1 Å². The summed E-state index contributed by atoms with van der Waals surface area (Å²) < 4.78 is 0. The van der Waals surface area contributed by atoms with Gasteiger partial charge in [-0.2, -0.15) is 0 Å². The third kappa shape index (κ3) is 3.51. The third-order valence-electron chi connectivity index (χ3n) is 3.69. The molecule has 3 nitrogen and oxygen atoms in total. The Morgan fingerprint density at radius 1 is 1.18 bits per heavy atom. The average molecular weight is 332 g/mol. The number of aryl methyl sites for hydroxylation is 2. The molecule has 1 heterocycles. The second-order valence-corrected chi connectivity index (χ2v) is 6.30. The maximum Gasteiger partial charge on any atom is 0.189 e. The smallest absolute Gasteiger partial charge is 0.189 e. The molecule has 0 spiro atoms. The van der Waals surface area contributed by atoms with Crippen LogP contribution in [0.25, 0.3) is 0 Å². The van der Waals surface area contributed by atoms with Crippen LogP contribution in [-0.4, -0.2) is 11.7 Å². The van der Waals surface area contributed by atoms with Crippen molar-refractivity contribution in [1.82, 2.24) is 5.43 Å². The summed E-state index contributed by atoms with van der Waals surface area (Å²) in [5.74, 6) is 0. The Bertz CT molecular complexity index is 685. The second kappa shape index (κ2) is 6.55. The van der Waals surface area contributed by atoms with Crippen molar-refractivity contribution in [2.24, 2.45) is 0 Å². The molecule has 0 aliphatic carbocycles. The van der Waals surface area contributed by atoms with Gasteiger partial charge in [0.2, 0.25) is 0 Å². The Kier molecular flexibility index (Phi) is 4.50. The Morgan fingerprint density at radius 2 is 1.95 bits per heavy atom. The normalized spacial score (nSPS) is 13.5. The van der Waals surface area contributed by atoms with E-state index in [9.17, 15) is 0 Å². The highest BCUT2D eigenvalue weighted by Gasteiger charge is 2.17. The molecule has 2 N–H and O–H groups in total. The SMILES string of the molecule is Cc1ccc2c(c1)CCCN2NC(=S)Nc1ccc(Cl)cc1. The fourth-order valence-corrected chi connectivity index (χ4v) is 3.01. The first kappa shape index (κ1) is 15.1. The predicted octanol–water partition coefficient (Wildman–Crippen LogP) is 4.30. The van der Waals surface area contributed by atoms with Gasteiger partial charge in [0, 0.05) is 17.3 Å². The summed E-state index contributed by atoms with van der Waals surface area (Å²) in [4.78, 5) is 0. The van der Waals surface area contributed by atoms with E-state index in [1.54, 1.807) is 0 Å². The zero-order valence-corrected chi connectivity index (χ0v) is 14.0. The lowest BCUT2D eigenvalue weighted by Crippen LogP contribution is -2.46. The molecule has 2 aromatic carbocycles. The van der Waals surface area contributed by atoms with Crippen LogP contribution in [0.5, 0.6) is 0 Å². The van der Waals surface area contributed by atoms with E-state index in [-0.39, 0.29) is 0 Å². The van der Waals surface area contributed by atoms with E-state index in [0.29, 0.717) is 10.1 Å². The van der Waals surface area contributed by atoms with Crippen LogP contribution in [0.3, 0.4) is 0 Å². The average Bonchev–Trinajstić information content (AvgIpc) is 2.49. The lowest BCUT2D eigenvalue weighted by Gasteiger charge is -2.32. The number of rotatable bonds is 2. The minimum absolute atomic E-state index is 0.579. The molecule has 0 amide bonds. The van der Waals surface area contributed by atoms with Crippen molar-refractivity contribution in [2.75, 3.05) is 16.9 Å². The van der Waals surface area contributed by atoms with Gasteiger partial charge in [-0.15, -0.1) is 0 Å². The fourth-order valence-electron chi connectivity index (χ4n) is 2.66. The number of fused-ring (bicyclic) bond motifs is 1. The van der Waals surface area contributed by atoms with Crippen molar-refractivity contribution < 1.29 is 0 Å². The van der Waals surface area contributed by atoms with E-state index < -0.39 is 0 Å². The molecule has 0 radical (unpaired) electrons. The summed E-state index contributed by atoms with van der Waals surface area (Å²) in [6, 6.07) is 14.0. The molecule has 114 valence electrons. The summed E-state index contributed by atoms with van der Waals surface area (Å²) in [5.41, 5.74) is 8.07. The number of halogens is 1. The van der Waals surface area contributed by atoms with Gasteiger partial charge in [-0.25, -0.2) is 0 Å². The number of anilines is 2. The summed E-state index contributed by atoms with van der Waals surface area (Å²) in [6.45, 7) is 3.07. The van der Waals surface area contributed by atoms with Crippen LogP contribution in [0.2, 0.25) is 5.02 Å². The standard InChI is InChI=1S/C17H18ClN3S/c1-12-4-9-16-13(11-12)3-2-10-21(16)20-17(22)19-15-7-5-14(18)6-8-15/h4-9,11H,2-3,10H2,1H3,(H2,19,20,22). The van der Waals surface area contributed by atoms with Crippen LogP contribution < -0.4 is 15.8 Å². The Hall–Kier alpha value is -1.78. The highest BCUT2D eigenvalue weighted by Crippen LogP contribution is 2.26. The molecular weight excluding hydrogens is 314 g/mol. The maximum atomic E-state index is 5.89. The quantitative estimate of drug-likeness (QED) is 0.802. The van der Waals surface area contributed by atoms with Crippen LogP contribution >= 0.6 is 23.8 Å². The first-order valence-electron chi connectivity index (χ1n) is 7.32.